The molecule has 0 unspecified atom stereocenters. The highest BCUT2D eigenvalue weighted by Gasteiger charge is 2.14. The number of ether oxygens (including phenoxy) is 1. The summed E-state index contributed by atoms with van der Waals surface area (Å²) in [6, 6.07) is 3.23. The van der Waals surface area contributed by atoms with E-state index in [1.54, 1.807) is 11.7 Å². The second-order valence-corrected chi connectivity index (χ2v) is 4.84. The smallest absolute Gasteiger partial charge is 0.167 e. The van der Waals surface area contributed by atoms with E-state index in [1.165, 1.54) is 6.07 Å². The molecule has 0 aliphatic rings. The molecule has 0 atom stereocenters. The van der Waals surface area contributed by atoms with Crippen LogP contribution in [0.1, 0.15) is 18.3 Å². The van der Waals surface area contributed by atoms with Gasteiger partial charge in [-0.05, 0) is 34.5 Å². The van der Waals surface area contributed by atoms with Gasteiger partial charge in [0.1, 0.15) is 12.4 Å². The normalized spacial score (nSPS) is 10.8. The van der Waals surface area contributed by atoms with Crippen molar-refractivity contribution < 1.29 is 13.5 Å². The first-order chi connectivity index (χ1) is 9.02. The van der Waals surface area contributed by atoms with Crippen molar-refractivity contribution in [3.63, 3.8) is 0 Å². The van der Waals surface area contributed by atoms with Crippen LogP contribution in [0.3, 0.4) is 0 Å². The highest BCUT2D eigenvalue weighted by molar-refractivity contribution is 9.10. The summed E-state index contributed by atoms with van der Waals surface area (Å²) >= 11 is 3.45. The molecule has 0 fully saturated rings. The van der Waals surface area contributed by atoms with Crippen LogP contribution in [0.2, 0.25) is 0 Å². The Labute approximate surface area is 118 Å². The highest BCUT2D eigenvalue weighted by Crippen LogP contribution is 2.24. The number of nitrogens with zero attached hydrogens (tertiary/aromatic N) is 2. The fourth-order valence-corrected chi connectivity index (χ4v) is 2.45. The fourth-order valence-electron chi connectivity index (χ4n) is 1.72. The lowest BCUT2D eigenvalue weighted by Gasteiger charge is -2.08. The van der Waals surface area contributed by atoms with Gasteiger partial charge in [-0.25, -0.2) is 8.78 Å². The van der Waals surface area contributed by atoms with Gasteiger partial charge < -0.3 is 4.74 Å². The van der Waals surface area contributed by atoms with Crippen LogP contribution in [-0.4, -0.2) is 9.78 Å². The lowest BCUT2D eigenvalue weighted by Crippen LogP contribution is -2.04. The number of hydrogen-bond acceptors (Lipinski definition) is 2. The zero-order valence-corrected chi connectivity index (χ0v) is 12.2. The predicted octanol–water partition coefficient (Wildman–Crippen LogP) is 3.60. The molecule has 1 heterocycles. The van der Waals surface area contributed by atoms with Crippen LogP contribution in [0.15, 0.2) is 22.7 Å². The first-order valence-corrected chi connectivity index (χ1v) is 6.60. The van der Waals surface area contributed by atoms with Crippen LogP contribution in [0.25, 0.3) is 0 Å². The second-order valence-electron chi connectivity index (χ2n) is 4.05. The third kappa shape index (κ3) is 2.94. The molecule has 0 saturated heterocycles. The van der Waals surface area contributed by atoms with E-state index in [2.05, 4.69) is 21.0 Å². The van der Waals surface area contributed by atoms with E-state index in [0.717, 1.165) is 34.4 Å². The molecular weight excluding hydrogens is 318 g/mol. The number of hydrogen-bond donors (Lipinski definition) is 0. The van der Waals surface area contributed by atoms with E-state index in [-0.39, 0.29) is 12.4 Å². The average molecular weight is 331 g/mol. The summed E-state index contributed by atoms with van der Waals surface area (Å²) in [6.45, 7) is 2.16. The summed E-state index contributed by atoms with van der Waals surface area (Å²) in [4.78, 5) is 0. The van der Waals surface area contributed by atoms with Crippen LogP contribution >= 0.6 is 15.9 Å². The Bertz CT molecular complexity index is 599. The SMILES string of the molecule is CCc1nn(C)c(COc2ccc(F)cc2F)c1Br. The van der Waals surface area contributed by atoms with Crippen molar-refractivity contribution in [2.75, 3.05) is 0 Å². The van der Waals surface area contributed by atoms with Crippen LogP contribution in [-0.2, 0) is 20.1 Å². The number of aryl methyl sites for hydroxylation is 2. The Morgan fingerprint density at radius 3 is 2.68 bits per heavy atom. The van der Waals surface area contributed by atoms with Gasteiger partial charge in [-0.1, -0.05) is 6.92 Å². The van der Waals surface area contributed by atoms with E-state index in [4.69, 9.17) is 4.74 Å². The fraction of sp³-hybridized carbons (Fsp3) is 0.308. The van der Waals surface area contributed by atoms with Gasteiger partial charge in [-0.15, -0.1) is 0 Å². The quantitative estimate of drug-likeness (QED) is 0.856. The molecule has 102 valence electrons. The van der Waals surface area contributed by atoms with Crippen molar-refractivity contribution in [2.45, 2.75) is 20.0 Å². The van der Waals surface area contributed by atoms with Gasteiger partial charge in [-0.2, -0.15) is 5.10 Å². The van der Waals surface area contributed by atoms with Crippen molar-refractivity contribution in [3.8, 4) is 5.75 Å². The molecule has 1 aromatic heterocycles. The zero-order chi connectivity index (χ0) is 14.0. The van der Waals surface area contributed by atoms with E-state index in [1.807, 2.05) is 6.92 Å². The molecule has 0 aliphatic carbocycles. The largest absolute Gasteiger partial charge is 0.484 e. The van der Waals surface area contributed by atoms with Gasteiger partial charge in [0.2, 0.25) is 0 Å². The molecule has 2 aromatic rings. The van der Waals surface area contributed by atoms with Gasteiger partial charge in [0, 0.05) is 13.1 Å². The maximum Gasteiger partial charge on any atom is 0.167 e. The van der Waals surface area contributed by atoms with Crippen molar-refractivity contribution in [3.05, 3.63) is 45.7 Å². The topological polar surface area (TPSA) is 27.1 Å². The Morgan fingerprint density at radius 1 is 1.37 bits per heavy atom. The Balaban J connectivity index is 2.16. The summed E-state index contributed by atoms with van der Waals surface area (Å²) in [5.41, 5.74) is 1.72. The van der Waals surface area contributed by atoms with E-state index >= 15 is 0 Å². The molecule has 2 rings (SSSR count). The third-order valence-corrected chi connectivity index (χ3v) is 3.68. The lowest BCUT2D eigenvalue weighted by atomic mass is 10.3. The Hall–Kier alpha value is -1.43. The van der Waals surface area contributed by atoms with Gasteiger partial charge in [0.15, 0.2) is 11.6 Å². The maximum atomic E-state index is 13.4. The first-order valence-electron chi connectivity index (χ1n) is 5.81. The highest BCUT2D eigenvalue weighted by atomic mass is 79.9. The minimum absolute atomic E-state index is 0.0209. The Morgan fingerprint density at radius 2 is 2.11 bits per heavy atom. The lowest BCUT2D eigenvalue weighted by molar-refractivity contribution is 0.278. The average Bonchev–Trinajstić information content (AvgIpc) is 2.64. The van der Waals surface area contributed by atoms with Crippen molar-refractivity contribution in [2.24, 2.45) is 7.05 Å². The summed E-state index contributed by atoms with van der Waals surface area (Å²) < 4.78 is 34.1. The molecule has 0 bridgehead atoms. The van der Waals surface area contributed by atoms with E-state index in [9.17, 15) is 8.78 Å². The molecule has 0 aliphatic heterocycles. The maximum absolute atomic E-state index is 13.4. The molecular formula is C13H13BrF2N2O. The number of rotatable bonds is 4. The van der Waals surface area contributed by atoms with Gasteiger partial charge >= 0.3 is 0 Å². The molecule has 6 heteroatoms. The van der Waals surface area contributed by atoms with E-state index in [0.29, 0.717) is 0 Å². The molecule has 19 heavy (non-hydrogen) atoms. The summed E-state index contributed by atoms with van der Waals surface area (Å²) in [6.07, 6.45) is 0.791. The zero-order valence-electron chi connectivity index (χ0n) is 10.6. The second kappa shape index (κ2) is 5.69. The summed E-state index contributed by atoms with van der Waals surface area (Å²) in [7, 11) is 1.80. The van der Waals surface area contributed by atoms with Crippen LogP contribution < -0.4 is 4.74 Å². The van der Waals surface area contributed by atoms with Crippen LogP contribution in [0.4, 0.5) is 8.78 Å². The van der Waals surface area contributed by atoms with Crippen LogP contribution in [0.5, 0.6) is 5.75 Å². The van der Waals surface area contributed by atoms with Gasteiger partial charge in [0.05, 0.1) is 15.9 Å². The number of aromatic nitrogens is 2. The molecule has 0 N–H and O–H groups in total. The standard InChI is InChI=1S/C13H13BrF2N2O/c1-3-10-13(14)11(18(2)17-10)7-19-12-5-4-8(15)6-9(12)16/h4-6H,3,7H2,1-2H3. The van der Waals surface area contributed by atoms with Crippen LogP contribution in [0, 0.1) is 11.6 Å². The monoisotopic (exact) mass is 330 g/mol. The molecule has 3 nitrogen and oxygen atoms in total. The molecule has 0 saturated carbocycles. The minimum Gasteiger partial charge on any atom is -0.484 e. The summed E-state index contributed by atoms with van der Waals surface area (Å²) in [5.74, 6) is -1.32. The number of benzene rings is 1. The number of halogens is 3. The Kier molecular flexibility index (Phi) is 4.19. The first kappa shape index (κ1) is 14.0. The molecule has 0 radical (unpaired) electrons. The predicted molar refractivity (Wildman–Crippen MR) is 71.0 cm³/mol. The van der Waals surface area contributed by atoms with Crippen molar-refractivity contribution in [1.82, 2.24) is 9.78 Å². The van der Waals surface area contributed by atoms with E-state index < -0.39 is 11.6 Å². The summed E-state index contributed by atoms with van der Waals surface area (Å²) in [5, 5.41) is 4.31. The molecule has 0 amide bonds. The molecule has 0 spiro atoms. The molecule has 1 aromatic carbocycles. The minimum atomic E-state index is -0.714. The van der Waals surface area contributed by atoms with Gasteiger partial charge in [-0.3, -0.25) is 4.68 Å². The van der Waals surface area contributed by atoms with Gasteiger partial charge in [0.25, 0.3) is 0 Å². The van der Waals surface area contributed by atoms with Crippen molar-refractivity contribution in [1.29, 1.82) is 0 Å². The van der Waals surface area contributed by atoms with Crippen molar-refractivity contribution >= 4 is 15.9 Å². The third-order valence-electron chi connectivity index (χ3n) is 2.76.